The molecule has 0 radical (unpaired) electrons. The van der Waals surface area contributed by atoms with Gasteiger partial charge in [0.15, 0.2) is 18.1 Å². The number of piperidine rings is 1. The highest BCUT2D eigenvalue weighted by molar-refractivity contribution is 6.36. The van der Waals surface area contributed by atoms with Crippen LogP contribution in [-0.2, 0) is 9.59 Å². The number of rotatable bonds is 6. The van der Waals surface area contributed by atoms with Crippen molar-refractivity contribution in [3.63, 3.8) is 0 Å². The Bertz CT molecular complexity index is 1030. The van der Waals surface area contributed by atoms with Crippen molar-refractivity contribution in [2.24, 2.45) is 0 Å². The lowest BCUT2D eigenvalue weighted by molar-refractivity contribution is -0.134. The van der Waals surface area contributed by atoms with E-state index in [0.29, 0.717) is 34.4 Å². The molecule has 2 heterocycles. The number of carbonyl (C=O) groups excluding carboxylic acids is 2. The zero-order chi connectivity index (χ0) is 21.8. The minimum Gasteiger partial charge on any atom is -0.490 e. The molecule has 31 heavy (non-hydrogen) atoms. The number of nitrogens with zero attached hydrogens (tertiary/aromatic N) is 1. The summed E-state index contributed by atoms with van der Waals surface area (Å²) in [5, 5.41) is 3.40. The maximum absolute atomic E-state index is 12.4. The highest BCUT2D eigenvalue weighted by Gasteiger charge is 2.24. The molecule has 1 N–H and O–H groups in total. The minimum atomic E-state index is -0.178. The summed E-state index contributed by atoms with van der Waals surface area (Å²) in [4.78, 5) is 26.7. The zero-order valence-corrected chi connectivity index (χ0v) is 18.2. The SMILES string of the molecule is CCOc1cc(C=C2C(=O)Nc3cc(Cl)ccc32)ccc1OCC(=O)N1CCCCC1. The van der Waals surface area contributed by atoms with Crippen molar-refractivity contribution in [1.29, 1.82) is 0 Å². The van der Waals surface area contributed by atoms with Crippen LogP contribution in [-0.4, -0.2) is 43.0 Å². The molecule has 2 aliphatic heterocycles. The van der Waals surface area contributed by atoms with E-state index in [2.05, 4.69) is 5.32 Å². The monoisotopic (exact) mass is 440 g/mol. The number of ether oxygens (including phenoxy) is 2. The van der Waals surface area contributed by atoms with E-state index < -0.39 is 0 Å². The summed E-state index contributed by atoms with van der Waals surface area (Å²) in [5.41, 5.74) is 2.86. The smallest absolute Gasteiger partial charge is 0.260 e. The topological polar surface area (TPSA) is 67.9 Å². The standard InChI is InChI=1S/C24H25ClN2O4/c1-2-30-22-13-16(12-19-18-8-7-17(25)14-20(18)26-24(19)29)6-9-21(22)31-15-23(28)27-10-4-3-5-11-27/h6-9,12-14H,2-5,10-11,15H2,1H3,(H,26,29). The van der Waals surface area contributed by atoms with Crippen molar-refractivity contribution in [2.75, 3.05) is 31.6 Å². The van der Waals surface area contributed by atoms with Crippen LogP contribution in [0.15, 0.2) is 36.4 Å². The molecule has 6 nitrogen and oxygen atoms in total. The summed E-state index contributed by atoms with van der Waals surface area (Å²) in [6.07, 6.45) is 5.07. The Morgan fingerprint density at radius 1 is 1.10 bits per heavy atom. The lowest BCUT2D eigenvalue weighted by atomic mass is 10.0. The maximum atomic E-state index is 12.4. The maximum Gasteiger partial charge on any atom is 0.260 e. The number of nitrogens with one attached hydrogen (secondary N) is 1. The van der Waals surface area contributed by atoms with Crippen molar-refractivity contribution < 1.29 is 19.1 Å². The predicted molar refractivity (Wildman–Crippen MR) is 121 cm³/mol. The molecular weight excluding hydrogens is 416 g/mol. The van der Waals surface area contributed by atoms with Crippen LogP contribution in [0.3, 0.4) is 0 Å². The van der Waals surface area contributed by atoms with Crippen molar-refractivity contribution in [2.45, 2.75) is 26.2 Å². The summed E-state index contributed by atoms with van der Waals surface area (Å²) >= 11 is 6.03. The third kappa shape index (κ3) is 4.85. The van der Waals surface area contributed by atoms with Gasteiger partial charge in [0.25, 0.3) is 11.8 Å². The van der Waals surface area contributed by atoms with Crippen LogP contribution in [0.1, 0.15) is 37.3 Å². The van der Waals surface area contributed by atoms with Gasteiger partial charge in [-0.15, -0.1) is 0 Å². The fourth-order valence-corrected chi connectivity index (χ4v) is 4.02. The Hall–Kier alpha value is -2.99. The van der Waals surface area contributed by atoms with Gasteiger partial charge in [-0.3, -0.25) is 9.59 Å². The summed E-state index contributed by atoms with van der Waals surface area (Å²) < 4.78 is 11.5. The second-order valence-electron chi connectivity index (χ2n) is 7.57. The van der Waals surface area contributed by atoms with Gasteiger partial charge in [-0.25, -0.2) is 0 Å². The Balaban J connectivity index is 1.53. The van der Waals surface area contributed by atoms with Gasteiger partial charge in [-0.1, -0.05) is 23.7 Å². The van der Waals surface area contributed by atoms with Gasteiger partial charge in [0.1, 0.15) is 0 Å². The molecule has 0 aliphatic carbocycles. The third-order valence-electron chi connectivity index (χ3n) is 5.40. The molecule has 0 bridgehead atoms. The van der Waals surface area contributed by atoms with Crippen LogP contribution in [0.25, 0.3) is 11.6 Å². The predicted octanol–water partition coefficient (Wildman–Crippen LogP) is 4.62. The molecule has 2 amide bonds. The van der Waals surface area contributed by atoms with Gasteiger partial charge in [0, 0.05) is 29.2 Å². The zero-order valence-electron chi connectivity index (χ0n) is 17.4. The van der Waals surface area contributed by atoms with Crippen molar-refractivity contribution in [3.8, 4) is 11.5 Å². The van der Waals surface area contributed by atoms with Gasteiger partial charge in [-0.2, -0.15) is 0 Å². The minimum absolute atomic E-state index is 0.00811. The number of likely N-dealkylation sites (tertiary alicyclic amines) is 1. The third-order valence-corrected chi connectivity index (χ3v) is 5.64. The average molecular weight is 441 g/mol. The van der Waals surface area contributed by atoms with Crippen molar-refractivity contribution in [3.05, 3.63) is 52.5 Å². The van der Waals surface area contributed by atoms with Crippen molar-refractivity contribution in [1.82, 2.24) is 4.90 Å². The molecule has 0 unspecified atom stereocenters. The second kappa shape index (κ2) is 9.43. The summed E-state index contributed by atoms with van der Waals surface area (Å²) in [7, 11) is 0. The first-order valence-corrected chi connectivity index (χ1v) is 10.9. The summed E-state index contributed by atoms with van der Waals surface area (Å²) in [6.45, 7) is 3.91. The van der Waals surface area contributed by atoms with Crippen LogP contribution in [0, 0.1) is 0 Å². The van der Waals surface area contributed by atoms with E-state index in [9.17, 15) is 9.59 Å². The number of hydrogen-bond acceptors (Lipinski definition) is 4. The Morgan fingerprint density at radius 3 is 2.68 bits per heavy atom. The van der Waals surface area contributed by atoms with Gasteiger partial charge in [0.05, 0.1) is 12.3 Å². The number of carbonyl (C=O) groups is 2. The fraction of sp³-hybridized carbons (Fsp3) is 0.333. The molecule has 1 fully saturated rings. The normalized spacial score (nSPS) is 16.8. The largest absolute Gasteiger partial charge is 0.490 e. The molecular formula is C24H25ClN2O4. The molecule has 7 heteroatoms. The van der Waals surface area contributed by atoms with Gasteiger partial charge in [0.2, 0.25) is 0 Å². The van der Waals surface area contributed by atoms with Crippen LogP contribution >= 0.6 is 11.6 Å². The van der Waals surface area contributed by atoms with Crippen molar-refractivity contribution >= 4 is 40.8 Å². The molecule has 2 aliphatic rings. The first kappa shape index (κ1) is 21.2. The fourth-order valence-electron chi connectivity index (χ4n) is 3.85. The van der Waals surface area contributed by atoms with E-state index in [1.54, 1.807) is 24.3 Å². The number of anilines is 1. The van der Waals surface area contributed by atoms with Crippen LogP contribution in [0.2, 0.25) is 5.02 Å². The number of fused-ring (bicyclic) bond motifs is 1. The summed E-state index contributed by atoms with van der Waals surface area (Å²) in [6, 6.07) is 10.8. The highest BCUT2D eigenvalue weighted by atomic mass is 35.5. The van der Waals surface area contributed by atoms with Crippen LogP contribution in [0.4, 0.5) is 5.69 Å². The molecule has 2 aromatic carbocycles. The molecule has 0 saturated carbocycles. The van der Waals surface area contributed by atoms with E-state index in [1.165, 1.54) is 6.42 Å². The lowest BCUT2D eigenvalue weighted by Gasteiger charge is -2.26. The molecule has 1 saturated heterocycles. The number of hydrogen-bond donors (Lipinski definition) is 1. The number of halogens is 1. The molecule has 0 atom stereocenters. The van der Waals surface area contributed by atoms with E-state index in [1.807, 2.05) is 30.0 Å². The molecule has 0 spiro atoms. The lowest BCUT2D eigenvalue weighted by Crippen LogP contribution is -2.38. The molecule has 0 aromatic heterocycles. The average Bonchev–Trinajstić information content (AvgIpc) is 3.07. The Kier molecular flexibility index (Phi) is 6.47. The molecule has 4 rings (SSSR count). The first-order chi connectivity index (χ1) is 15.0. The van der Waals surface area contributed by atoms with E-state index in [-0.39, 0.29) is 18.4 Å². The second-order valence-corrected chi connectivity index (χ2v) is 8.01. The van der Waals surface area contributed by atoms with Gasteiger partial charge in [-0.05, 0) is 62.1 Å². The molecule has 162 valence electrons. The quantitative estimate of drug-likeness (QED) is 0.665. The Morgan fingerprint density at radius 2 is 1.90 bits per heavy atom. The van der Waals surface area contributed by atoms with Crippen LogP contribution < -0.4 is 14.8 Å². The molecule has 2 aromatic rings. The number of amides is 2. The van der Waals surface area contributed by atoms with Crippen LogP contribution in [0.5, 0.6) is 11.5 Å². The number of benzene rings is 2. The highest BCUT2D eigenvalue weighted by Crippen LogP contribution is 2.36. The van der Waals surface area contributed by atoms with E-state index in [4.69, 9.17) is 21.1 Å². The summed E-state index contributed by atoms with van der Waals surface area (Å²) in [5.74, 6) is 0.865. The van der Waals surface area contributed by atoms with Gasteiger partial charge >= 0.3 is 0 Å². The first-order valence-electron chi connectivity index (χ1n) is 10.6. The van der Waals surface area contributed by atoms with E-state index >= 15 is 0 Å². The van der Waals surface area contributed by atoms with Gasteiger partial charge < -0.3 is 19.7 Å². The Labute approximate surface area is 186 Å². The van der Waals surface area contributed by atoms with E-state index in [0.717, 1.165) is 37.1 Å².